The number of aliphatic hydroxyl groups is 5. The Labute approximate surface area is 493 Å². The van der Waals surface area contributed by atoms with Crippen LogP contribution in [0, 0.1) is 23.2 Å². The van der Waals surface area contributed by atoms with E-state index in [1.54, 1.807) is 70.2 Å². The molecule has 84 heavy (non-hydrogen) atoms. The van der Waals surface area contributed by atoms with Gasteiger partial charge in [-0.1, -0.05) is 82.6 Å². The Balaban J connectivity index is 1.50. The van der Waals surface area contributed by atoms with Crippen molar-refractivity contribution in [1.82, 2.24) is 31.9 Å². The molecule has 466 valence electrons. The number of rotatable bonds is 28. The summed E-state index contributed by atoms with van der Waals surface area (Å²) in [5.41, 5.74) is 0.629. The second kappa shape index (κ2) is 33.1. The van der Waals surface area contributed by atoms with Gasteiger partial charge in [-0.2, -0.15) is 0 Å². The van der Waals surface area contributed by atoms with Crippen molar-refractivity contribution in [3.63, 3.8) is 0 Å². The highest BCUT2D eigenvalue weighted by Crippen LogP contribution is 2.45. The van der Waals surface area contributed by atoms with Gasteiger partial charge in [-0.05, 0) is 79.8 Å². The monoisotopic (exact) mass is 1200 g/mol. The van der Waals surface area contributed by atoms with Crippen LogP contribution in [0.15, 0.2) is 54.6 Å². The van der Waals surface area contributed by atoms with Gasteiger partial charge in [0.15, 0.2) is 6.10 Å². The molecule has 2 heterocycles. The van der Waals surface area contributed by atoms with Crippen LogP contribution in [0.25, 0.3) is 0 Å². The van der Waals surface area contributed by atoms with Crippen LogP contribution in [-0.2, 0) is 70.3 Å². The summed E-state index contributed by atoms with van der Waals surface area (Å²) in [6.45, 7) is 10.2. The summed E-state index contributed by atoms with van der Waals surface area (Å²) in [7, 11) is 1.47. The summed E-state index contributed by atoms with van der Waals surface area (Å²) in [5, 5.41) is 74.1. The summed E-state index contributed by atoms with van der Waals surface area (Å²) >= 11 is 6.38. The quantitative estimate of drug-likeness (QED) is 0.0417. The van der Waals surface area contributed by atoms with Gasteiger partial charge < -0.3 is 81.5 Å². The largest absolute Gasteiger partial charge is 0.495 e. The highest BCUT2D eigenvalue weighted by atomic mass is 35.5. The topological polar surface area (TPSA) is 387 Å². The van der Waals surface area contributed by atoms with E-state index >= 15 is 0 Å². The number of ether oxygens (including phenoxy) is 4. The van der Waals surface area contributed by atoms with Crippen LogP contribution < -0.4 is 36.6 Å². The molecule has 4 rings (SSSR count). The van der Waals surface area contributed by atoms with E-state index in [-0.39, 0.29) is 64.0 Å². The minimum absolute atomic E-state index is 0.0164. The van der Waals surface area contributed by atoms with Crippen molar-refractivity contribution in [3.05, 3.63) is 76.3 Å². The SMILES string of the molecule is COc1ccc(C[C@H]2NC(=O)/C=C/C[C@@H]([C@H](C)[C@H]3O[C@@H]3c3ccc(CNC(=O)C(CCC(=O)NC[C@H](O)[C@@H](O)[C@H](O)[C@H](O)CO)NC(=O)C(NC(=O)CCCC(=O)O)C(C)C)cc3)OC(=O)[C@H](CC(C)C)OC(=O)C(C)(C)CNC2=O)cc1Cl. The highest BCUT2D eigenvalue weighted by Gasteiger charge is 2.48. The predicted molar refractivity (Wildman–Crippen MR) is 302 cm³/mol. The van der Waals surface area contributed by atoms with Crippen LogP contribution >= 0.6 is 11.6 Å². The Kier molecular flexibility index (Phi) is 27.5. The maximum atomic E-state index is 14.0. The first kappa shape index (κ1) is 69.8. The molecule has 25 nitrogen and oxygen atoms in total. The van der Waals surface area contributed by atoms with E-state index in [4.69, 9.17) is 40.8 Å². The molecule has 0 radical (unpaired) electrons. The summed E-state index contributed by atoms with van der Waals surface area (Å²) in [5.74, 6) is -7.36. The maximum absolute atomic E-state index is 14.0. The van der Waals surface area contributed by atoms with Gasteiger partial charge in [0.1, 0.15) is 54.4 Å². The van der Waals surface area contributed by atoms with Gasteiger partial charge in [-0.15, -0.1) is 0 Å². The Morgan fingerprint density at radius 3 is 2.12 bits per heavy atom. The number of aliphatic hydroxyl groups excluding tert-OH is 5. The molecule has 12 N–H and O–H groups in total. The van der Waals surface area contributed by atoms with Crippen LogP contribution in [0.1, 0.15) is 116 Å². The summed E-state index contributed by atoms with van der Waals surface area (Å²) < 4.78 is 23.4. The first-order valence-electron chi connectivity index (χ1n) is 28.0. The van der Waals surface area contributed by atoms with Gasteiger partial charge in [0.2, 0.25) is 35.4 Å². The molecule has 2 aromatic carbocycles. The third-order valence-electron chi connectivity index (χ3n) is 14.2. The summed E-state index contributed by atoms with van der Waals surface area (Å²) in [4.78, 5) is 119. The van der Waals surface area contributed by atoms with E-state index in [2.05, 4.69) is 31.9 Å². The van der Waals surface area contributed by atoms with E-state index in [1.165, 1.54) is 19.3 Å². The maximum Gasteiger partial charge on any atom is 0.347 e. The number of carboxylic acids is 1. The number of halogens is 1. The molecule has 0 saturated carbocycles. The van der Waals surface area contributed by atoms with Gasteiger partial charge in [0.05, 0.1) is 36.4 Å². The van der Waals surface area contributed by atoms with Crippen LogP contribution in [0.4, 0.5) is 0 Å². The Hall–Kier alpha value is -6.74. The number of aliphatic carboxylic acids is 1. The molecular formula is C58H83ClN6O19. The lowest BCUT2D eigenvalue weighted by atomic mass is 9.92. The number of nitrogens with one attached hydrogen (secondary N) is 6. The minimum atomic E-state index is -1.95. The normalized spacial score (nSPS) is 22.3. The molecule has 2 aliphatic heterocycles. The zero-order chi connectivity index (χ0) is 62.6. The van der Waals surface area contributed by atoms with Crippen molar-refractivity contribution < 1.29 is 92.7 Å². The number of amides is 6. The molecule has 2 aliphatic rings. The van der Waals surface area contributed by atoms with Crippen molar-refractivity contribution in [2.24, 2.45) is 23.2 Å². The number of cyclic esters (lactones) is 2. The van der Waals surface area contributed by atoms with Crippen molar-refractivity contribution in [2.45, 2.75) is 173 Å². The van der Waals surface area contributed by atoms with Crippen LogP contribution in [0.3, 0.4) is 0 Å². The Bertz CT molecular complexity index is 2620. The third-order valence-corrected chi connectivity index (χ3v) is 14.5. The lowest BCUT2D eigenvalue weighted by molar-refractivity contribution is -0.179. The number of esters is 2. The number of carbonyl (C=O) groups excluding carboxylic acids is 8. The lowest BCUT2D eigenvalue weighted by Gasteiger charge is -2.29. The van der Waals surface area contributed by atoms with E-state index < -0.39 is 157 Å². The van der Waals surface area contributed by atoms with E-state index in [0.717, 1.165) is 5.56 Å². The van der Waals surface area contributed by atoms with Gasteiger partial charge in [-0.25, -0.2) is 4.79 Å². The number of hydrogen-bond donors (Lipinski definition) is 12. The fraction of sp³-hybridized carbons (Fsp3) is 0.603. The summed E-state index contributed by atoms with van der Waals surface area (Å²) in [6.07, 6.45) is -8.82. The highest BCUT2D eigenvalue weighted by molar-refractivity contribution is 6.32. The molecule has 1 saturated heterocycles. The first-order valence-corrected chi connectivity index (χ1v) is 28.3. The second-order valence-electron chi connectivity index (χ2n) is 22.6. The Morgan fingerprint density at radius 2 is 1.50 bits per heavy atom. The van der Waals surface area contributed by atoms with Crippen molar-refractivity contribution in [2.75, 3.05) is 26.8 Å². The smallest absolute Gasteiger partial charge is 0.347 e. The number of carbonyl (C=O) groups is 9. The molecular weight excluding hydrogens is 1120 g/mol. The molecule has 0 spiro atoms. The average molecular weight is 1200 g/mol. The molecule has 0 aromatic heterocycles. The van der Waals surface area contributed by atoms with Crippen LogP contribution in [-0.4, -0.2) is 172 Å². The van der Waals surface area contributed by atoms with Crippen LogP contribution in [0.2, 0.25) is 5.02 Å². The number of methoxy groups -OCH3 is 1. The third kappa shape index (κ3) is 22.0. The van der Waals surface area contributed by atoms with Gasteiger partial charge >= 0.3 is 17.9 Å². The van der Waals surface area contributed by atoms with E-state index in [0.29, 0.717) is 21.9 Å². The van der Waals surface area contributed by atoms with Crippen molar-refractivity contribution in [1.29, 1.82) is 0 Å². The first-order chi connectivity index (χ1) is 39.5. The van der Waals surface area contributed by atoms with Gasteiger partial charge in [0.25, 0.3) is 0 Å². The fourth-order valence-electron chi connectivity index (χ4n) is 8.94. The van der Waals surface area contributed by atoms with E-state index in [1.807, 2.05) is 20.8 Å². The molecule has 12 atom stereocenters. The fourth-order valence-corrected chi connectivity index (χ4v) is 9.22. The molecule has 2 unspecified atom stereocenters. The molecule has 0 bridgehead atoms. The predicted octanol–water partition coefficient (Wildman–Crippen LogP) is 0.953. The number of hydrogen-bond acceptors (Lipinski definition) is 18. The van der Waals surface area contributed by atoms with Gasteiger partial charge in [0, 0.05) is 57.7 Å². The zero-order valence-corrected chi connectivity index (χ0v) is 49.4. The van der Waals surface area contributed by atoms with Crippen LogP contribution in [0.5, 0.6) is 5.75 Å². The number of carboxylic acid groups (broad SMARTS) is 1. The molecule has 26 heteroatoms. The Morgan fingerprint density at radius 1 is 0.833 bits per heavy atom. The van der Waals surface area contributed by atoms with E-state index in [9.17, 15) is 63.6 Å². The van der Waals surface area contributed by atoms with Crippen molar-refractivity contribution >= 4 is 65.0 Å². The average Bonchev–Trinajstić information content (AvgIpc) is 4.40. The standard InChI is InChI=1S/C58H83ClN6O19/c1-30(2)23-43-56(79)82-41(11-9-12-45(70)63-38(25-34-17-21-42(81-8)36(59)24-34)54(77)62-29-58(6,7)57(80)83-43)32(5)51-52(84-51)35-18-15-33(16-19-35)26-61-53(76)37(20-22-44(69)60-27-39(67)49(74)50(75)40(68)28-66)64-55(78)48(31(3)4)65-46(71)13-10-14-47(72)73/h9,12,15-19,21,24,30-32,37-41,43,48-52,66-68,74-75H,10-11,13-14,20,22-23,25-29H2,1-8H3,(H,60,69)(H,61,76)(H,62,77)(H,63,70)(H,64,78)(H,65,71)(H,72,73)/b12-9+/t32-,37?,38+,39-,40+,41-,43-,48?,49+,50+,51+,52+/m0/s1. The van der Waals surface area contributed by atoms with Gasteiger partial charge in [-0.3, -0.25) is 38.4 Å². The lowest BCUT2D eigenvalue weighted by Crippen LogP contribution is -2.55. The second-order valence-corrected chi connectivity index (χ2v) is 23.0. The molecule has 1 fully saturated rings. The molecule has 0 aliphatic carbocycles. The molecule has 6 amide bonds. The zero-order valence-electron chi connectivity index (χ0n) is 48.6. The van der Waals surface area contributed by atoms with Crippen molar-refractivity contribution in [3.8, 4) is 5.75 Å². The number of benzene rings is 2. The molecule has 2 aromatic rings. The minimum Gasteiger partial charge on any atom is -0.495 e. The summed E-state index contributed by atoms with van der Waals surface area (Å²) in [6, 6.07) is 8.32. The number of epoxide rings is 1.